The highest BCUT2D eigenvalue weighted by Gasteiger charge is 2.33. The molecule has 1 saturated heterocycles. The van der Waals surface area contributed by atoms with Crippen LogP contribution in [0.2, 0.25) is 0 Å². The Morgan fingerprint density at radius 2 is 1.68 bits per heavy atom. The molecule has 1 unspecified atom stereocenters. The van der Waals surface area contributed by atoms with Crippen molar-refractivity contribution in [2.45, 2.75) is 114 Å². The summed E-state index contributed by atoms with van der Waals surface area (Å²) >= 11 is 0. The van der Waals surface area contributed by atoms with Crippen molar-refractivity contribution >= 4 is 5.78 Å². The molecule has 0 amide bonds. The van der Waals surface area contributed by atoms with Crippen molar-refractivity contribution in [2.75, 3.05) is 26.3 Å². The second-order valence-electron chi connectivity index (χ2n) is 11.1. The highest BCUT2D eigenvalue weighted by Crippen LogP contribution is 2.36. The lowest BCUT2D eigenvalue weighted by molar-refractivity contribution is -0.117. The van der Waals surface area contributed by atoms with E-state index in [1.807, 2.05) is 19.9 Å². The minimum atomic E-state index is 0.0270. The third kappa shape index (κ3) is 16.0. The summed E-state index contributed by atoms with van der Waals surface area (Å²) in [5.41, 5.74) is 7.93. The number of carbonyl (C=O) groups excluding carboxylic acids is 1. The number of hydrogen-bond acceptors (Lipinski definition) is 5. The first-order valence-corrected chi connectivity index (χ1v) is 14.9. The van der Waals surface area contributed by atoms with Crippen LogP contribution in [0.3, 0.4) is 0 Å². The number of rotatable bonds is 14. The van der Waals surface area contributed by atoms with Crippen LogP contribution in [0.4, 0.5) is 0 Å². The number of allylic oxidation sites excluding steroid dienone is 7. The number of ketones is 1. The number of unbranched alkanes of at least 4 members (excludes halogenated alkanes) is 1. The molecular weight excluding hydrogens is 498 g/mol. The Labute approximate surface area is 247 Å². The predicted molar refractivity (Wildman–Crippen MR) is 174 cm³/mol. The normalized spacial score (nSPS) is 17.9. The first-order chi connectivity index (χ1) is 18.7. The number of aliphatic hydroxyl groups is 2. The van der Waals surface area contributed by atoms with Crippen molar-refractivity contribution in [3.8, 4) is 0 Å². The van der Waals surface area contributed by atoms with Gasteiger partial charge in [0.25, 0.3) is 0 Å². The van der Waals surface area contributed by atoms with E-state index in [0.717, 1.165) is 56.6 Å². The van der Waals surface area contributed by atoms with Crippen molar-refractivity contribution in [3.05, 3.63) is 70.7 Å². The Morgan fingerprint density at radius 1 is 1.10 bits per heavy atom. The number of hydrogen-bond donors (Lipinski definition) is 2. The van der Waals surface area contributed by atoms with E-state index in [4.69, 9.17) is 9.84 Å². The molecule has 0 radical (unpaired) electrons. The molecule has 40 heavy (non-hydrogen) atoms. The lowest BCUT2D eigenvalue weighted by Crippen LogP contribution is -2.22. The van der Waals surface area contributed by atoms with Crippen molar-refractivity contribution in [1.29, 1.82) is 0 Å². The molecule has 0 bridgehead atoms. The van der Waals surface area contributed by atoms with E-state index in [1.54, 1.807) is 13.8 Å². The van der Waals surface area contributed by atoms with Gasteiger partial charge >= 0.3 is 0 Å². The summed E-state index contributed by atoms with van der Waals surface area (Å²) in [6, 6.07) is 0. The molecule has 1 rings (SSSR count). The van der Waals surface area contributed by atoms with Gasteiger partial charge in [-0.1, -0.05) is 64.0 Å². The molecule has 0 aromatic carbocycles. The topological polar surface area (TPSA) is 70.0 Å². The van der Waals surface area contributed by atoms with E-state index in [0.29, 0.717) is 6.42 Å². The second-order valence-corrected chi connectivity index (χ2v) is 11.1. The van der Waals surface area contributed by atoms with Gasteiger partial charge in [0, 0.05) is 43.3 Å². The monoisotopic (exact) mass is 559 g/mol. The van der Waals surface area contributed by atoms with Crippen LogP contribution in [-0.4, -0.2) is 53.3 Å². The van der Waals surface area contributed by atoms with E-state index in [1.165, 1.54) is 34.3 Å². The van der Waals surface area contributed by atoms with Crippen molar-refractivity contribution in [1.82, 2.24) is 4.90 Å². The summed E-state index contributed by atoms with van der Waals surface area (Å²) in [4.78, 5) is 13.7. The van der Waals surface area contributed by atoms with Gasteiger partial charge in [-0.3, -0.25) is 0 Å². The fourth-order valence-electron chi connectivity index (χ4n) is 4.62. The van der Waals surface area contributed by atoms with Gasteiger partial charge in [-0.25, -0.2) is 0 Å². The zero-order valence-corrected chi connectivity index (χ0v) is 27.6. The average Bonchev–Trinajstić information content (AvgIpc) is 3.17. The Balaban J connectivity index is 0. The van der Waals surface area contributed by atoms with Crippen LogP contribution in [0.25, 0.3) is 0 Å². The van der Waals surface area contributed by atoms with Gasteiger partial charge in [0.15, 0.2) is 0 Å². The summed E-state index contributed by atoms with van der Waals surface area (Å²) in [7, 11) is 0. The maximum atomic E-state index is 11.6. The maximum Gasteiger partial charge on any atom is 0.130 e. The molecule has 1 aliphatic heterocycles. The van der Waals surface area contributed by atoms with Crippen LogP contribution < -0.4 is 0 Å². The van der Waals surface area contributed by atoms with Crippen LogP contribution >= 0.6 is 0 Å². The molecule has 5 heteroatoms. The number of Topliss-reactive ketones (excluding diaryl/α,β-unsaturated/α-hetero) is 1. The molecule has 5 nitrogen and oxygen atoms in total. The summed E-state index contributed by atoms with van der Waals surface area (Å²) in [5.74, 6) is 0.438. The number of aliphatic hydroxyl groups excluding tert-OH is 2. The van der Waals surface area contributed by atoms with Crippen LogP contribution in [0, 0.1) is 5.92 Å². The largest absolute Gasteiger partial charge is 0.512 e. The molecule has 0 aliphatic carbocycles. The second kappa shape index (κ2) is 22.3. The van der Waals surface area contributed by atoms with Crippen molar-refractivity contribution in [2.24, 2.45) is 5.92 Å². The van der Waals surface area contributed by atoms with Gasteiger partial charge in [-0.15, -0.1) is 6.58 Å². The van der Waals surface area contributed by atoms with E-state index >= 15 is 0 Å². The third-order valence-corrected chi connectivity index (χ3v) is 6.76. The Bertz CT molecular complexity index is 890. The molecule has 0 aromatic rings. The summed E-state index contributed by atoms with van der Waals surface area (Å²) < 4.78 is 5.39. The molecule has 2 atom stereocenters. The number of nitrogens with zero attached hydrogens (tertiary/aromatic N) is 1. The number of carbonyl (C=O) groups is 1. The first kappa shape index (κ1) is 39.8. The zero-order valence-electron chi connectivity index (χ0n) is 27.6. The molecule has 230 valence electrons. The molecule has 0 spiro atoms. The summed E-state index contributed by atoms with van der Waals surface area (Å²) in [5, 5.41) is 18.9. The highest BCUT2D eigenvalue weighted by atomic mass is 16.5. The van der Waals surface area contributed by atoms with Crippen LogP contribution in [0.1, 0.15) is 108 Å². The lowest BCUT2D eigenvalue weighted by Gasteiger charge is -2.22. The van der Waals surface area contributed by atoms with Crippen LogP contribution in [0.15, 0.2) is 70.7 Å². The van der Waals surface area contributed by atoms with Crippen LogP contribution in [-0.2, 0) is 9.53 Å². The minimum absolute atomic E-state index is 0.0270. The van der Waals surface area contributed by atoms with E-state index in [-0.39, 0.29) is 30.2 Å². The molecule has 0 aromatic heterocycles. The van der Waals surface area contributed by atoms with Crippen molar-refractivity contribution in [3.63, 3.8) is 0 Å². The Kier molecular flexibility index (Phi) is 22.2. The molecule has 1 heterocycles. The summed E-state index contributed by atoms with van der Waals surface area (Å²) in [6.45, 7) is 34.0. The SMILES string of the molecule is C=C(C)C.C=C/C(C)=C(CC)\C(C)=C(/C)CN1CC(CC(C)=O)/C(=C(/C)O)C1=C.CCCC[C@@H](CO)OCCC. The lowest BCUT2D eigenvalue weighted by atomic mass is 9.95. The number of likely N-dealkylation sites (tertiary alicyclic amines) is 1. The predicted octanol–water partition coefficient (Wildman–Crippen LogP) is 9.04. The Morgan fingerprint density at radius 3 is 2.08 bits per heavy atom. The van der Waals surface area contributed by atoms with E-state index in [2.05, 4.69) is 66.2 Å². The van der Waals surface area contributed by atoms with E-state index in [9.17, 15) is 9.90 Å². The van der Waals surface area contributed by atoms with Gasteiger partial charge in [-0.2, -0.15) is 0 Å². The van der Waals surface area contributed by atoms with Gasteiger partial charge in [0.2, 0.25) is 0 Å². The molecule has 2 N–H and O–H groups in total. The average molecular weight is 560 g/mol. The fourth-order valence-corrected chi connectivity index (χ4v) is 4.62. The van der Waals surface area contributed by atoms with Crippen LogP contribution in [0.5, 0.6) is 0 Å². The smallest absolute Gasteiger partial charge is 0.130 e. The fraction of sp³-hybridized carbons (Fsp3) is 0.629. The van der Waals surface area contributed by atoms with Gasteiger partial charge in [0.05, 0.1) is 18.5 Å². The van der Waals surface area contributed by atoms with Gasteiger partial charge in [-0.05, 0) is 84.4 Å². The zero-order chi connectivity index (χ0) is 31.4. The molecule has 1 aliphatic rings. The minimum Gasteiger partial charge on any atom is -0.512 e. The van der Waals surface area contributed by atoms with Crippen molar-refractivity contribution < 1.29 is 19.7 Å². The quantitative estimate of drug-likeness (QED) is 0.126. The van der Waals surface area contributed by atoms with Gasteiger partial charge < -0.3 is 24.6 Å². The molecular formula is C35H61NO4. The number of ether oxygens (including phenoxy) is 1. The maximum absolute atomic E-state index is 11.6. The van der Waals surface area contributed by atoms with E-state index < -0.39 is 0 Å². The summed E-state index contributed by atoms with van der Waals surface area (Å²) in [6.07, 6.45) is 7.74. The third-order valence-electron chi connectivity index (χ3n) is 6.76. The Hall–Kier alpha value is -2.37. The first-order valence-electron chi connectivity index (χ1n) is 14.9. The van der Waals surface area contributed by atoms with Gasteiger partial charge in [0.1, 0.15) is 5.78 Å². The molecule has 0 saturated carbocycles. The molecule has 1 fully saturated rings. The highest BCUT2D eigenvalue weighted by molar-refractivity contribution is 5.76. The standard InChI is InChI=1S/C22H33NO2.C9H20O2.C4H8/c1-9-14(3)21(10-2)17(6)15(4)12-23-13-20(11-16(5)24)22(18(23)7)19(8)25;1-3-5-6-9(8-10)11-7-4-2;1-4(2)3/h9,20,25H,1,7,10-13H2,2-6,8H3;9-10H,3-8H2,1-2H3;1H2,2-3H3/b17-15+,21-14-,22-19-;;/t;9-;/m.0./s1.